The summed E-state index contributed by atoms with van der Waals surface area (Å²) in [7, 11) is 0. The number of nitrogens with one attached hydrogen (secondary N) is 1. The minimum atomic E-state index is -5.00. The molecule has 0 aliphatic carbocycles. The summed E-state index contributed by atoms with van der Waals surface area (Å²) < 4.78 is 44.4. The number of ether oxygens (including phenoxy) is 1. The molecular weight excluding hydrogens is 361 g/mol. The number of rotatable bonds is 4. The Morgan fingerprint density at radius 3 is 2.67 bits per heavy atom. The lowest BCUT2D eigenvalue weighted by atomic mass is 10.0. The van der Waals surface area contributed by atoms with Gasteiger partial charge < -0.3 is 14.6 Å². The summed E-state index contributed by atoms with van der Waals surface area (Å²) in [6, 6.07) is 5.31. The van der Waals surface area contributed by atoms with Gasteiger partial charge in [-0.05, 0) is 49.8 Å². The molecule has 1 aliphatic rings. The Hall–Kier alpha value is -2.35. The lowest BCUT2D eigenvalue weighted by molar-refractivity contribution is -0.187. The van der Waals surface area contributed by atoms with Crippen LogP contribution in [0.4, 0.5) is 13.2 Å². The van der Waals surface area contributed by atoms with Gasteiger partial charge >= 0.3 is 12.1 Å². The highest BCUT2D eigenvalue weighted by molar-refractivity contribution is 5.84. The van der Waals surface area contributed by atoms with Crippen molar-refractivity contribution >= 4 is 16.8 Å². The summed E-state index contributed by atoms with van der Waals surface area (Å²) >= 11 is 0. The van der Waals surface area contributed by atoms with Crippen molar-refractivity contribution in [3.63, 3.8) is 0 Å². The van der Waals surface area contributed by atoms with Gasteiger partial charge in [-0.3, -0.25) is 9.59 Å². The van der Waals surface area contributed by atoms with Crippen LogP contribution in [0.3, 0.4) is 0 Å². The van der Waals surface area contributed by atoms with Crippen LogP contribution in [-0.4, -0.2) is 41.2 Å². The Balaban J connectivity index is 1.95. The fourth-order valence-corrected chi connectivity index (χ4v) is 3.49. The van der Waals surface area contributed by atoms with Gasteiger partial charge in [0.25, 0.3) is 5.56 Å². The lowest BCUT2D eigenvalue weighted by Crippen LogP contribution is -2.45. The number of pyridine rings is 1. The van der Waals surface area contributed by atoms with E-state index in [0.717, 1.165) is 22.9 Å². The zero-order valence-electron chi connectivity index (χ0n) is 15.2. The second-order valence-electron chi connectivity index (χ2n) is 6.99. The molecule has 1 aromatic carbocycles. The molecule has 1 aromatic heterocycles. The number of hydrogen-bond donors (Lipinski definition) is 1. The molecule has 1 aliphatic heterocycles. The van der Waals surface area contributed by atoms with E-state index >= 15 is 0 Å². The van der Waals surface area contributed by atoms with Crippen LogP contribution in [0.1, 0.15) is 29.5 Å². The van der Waals surface area contributed by atoms with Crippen LogP contribution < -0.4 is 5.56 Å². The number of aromatic amines is 1. The fraction of sp³-hybridized carbons (Fsp3) is 0.474. The van der Waals surface area contributed by atoms with Crippen molar-refractivity contribution in [1.29, 1.82) is 0 Å². The number of H-pyrrole nitrogens is 1. The van der Waals surface area contributed by atoms with Crippen LogP contribution in [-0.2, 0) is 16.1 Å². The minimum absolute atomic E-state index is 0.114. The van der Waals surface area contributed by atoms with Gasteiger partial charge in [0.05, 0.1) is 18.2 Å². The van der Waals surface area contributed by atoms with Gasteiger partial charge in [-0.25, -0.2) is 0 Å². The standard InChI is InChI=1S/C19H21F3N2O3/c1-11-6-12(2)16-13(7-11)8-14(17(25)23-16)9-24(18(26)19(20,21)22)10-15-4-3-5-27-15/h6-8,15H,3-5,9-10H2,1-2H3,(H,23,25). The minimum Gasteiger partial charge on any atom is -0.376 e. The summed E-state index contributed by atoms with van der Waals surface area (Å²) in [6.07, 6.45) is -4.11. The summed E-state index contributed by atoms with van der Waals surface area (Å²) in [5, 5.41) is 0.721. The van der Waals surface area contributed by atoms with Gasteiger partial charge in [-0.15, -0.1) is 0 Å². The molecule has 1 amide bonds. The largest absolute Gasteiger partial charge is 0.471 e. The molecule has 27 heavy (non-hydrogen) atoms. The zero-order chi connectivity index (χ0) is 19.8. The normalized spacial score (nSPS) is 17.4. The molecule has 0 bridgehead atoms. The predicted octanol–water partition coefficient (Wildman–Crippen LogP) is 3.21. The van der Waals surface area contributed by atoms with Crippen LogP contribution in [0, 0.1) is 13.8 Å². The molecule has 2 aromatic rings. The number of nitrogens with zero attached hydrogens (tertiary/aromatic N) is 1. The average Bonchev–Trinajstić information content (AvgIpc) is 3.07. The van der Waals surface area contributed by atoms with Crippen LogP contribution in [0.5, 0.6) is 0 Å². The SMILES string of the molecule is Cc1cc(C)c2[nH]c(=O)c(CN(CC3CCCO3)C(=O)C(F)(F)F)cc2c1. The number of alkyl halides is 3. The molecule has 5 nitrogen and oxygen atoms in total. The second kappa shape index (κ2) is 7.34. The highest BCUT2D eigenvalue weighted by Crippen LogP contribution is 2.23. The zero-order valence-corrected chi connectivity index (χ0v) is 15.2. The van der Waals surface area contributed by atoms with Gasteiger partial charge in [0, 0.05) is 18.7 Å². The summed E-state index contributed by atoms with van der Waals surface area (Å²) in [4.78, 5) is 27.7. The van der Waals surface area contributed by atoms with E-state index < -0.39 is 30.3 Å². The molecular formula is C19H21F3N2O3. The van der Waals surface area contributed by atoms with E-state index in [2.05, 4.69) is 4.98 Å². The summed E-state index contributed by atoms with van der Waals surface area (Å²) in [5.74, 6) is -1.96. The first-order valence-corrected chi connectivity index (χ1v) is 8.76. The number of carbonyl (C=O) groups is 1. The van der Waals surface area contributed by atoms with E-state index in [1.54, 1.807) is 6.07 Å². The van der Waals surface area contributed by atoms with Gasteiger partial charge in [0.2, 0.25) is 0 Å². The quantitative estimate of drug-likeness (QED) is 0.883. The smallest absolute Gasteiger partial charge is 0.376 e. The maximum absolute atomic E-state index is 13.0. The fourth-order valence-electron chi connectivity index (χ4n) is 3.49. The molecule has 1 saturated heterocycles. The first-order valence-electron chi connectivity index (χ1n) is 8.76. The first-order chi connectivity index (χ1) is 12.6. The van der Waals surface area contributed by atoms with E-state index in [0.29, 0.717) is 23.4 Å². The third-order valence-electron chi connectivity index (χ3n) is 4.71. The van der Waals surface area contributed by atoms with Crippen LogP contribution in [0.2, 0.25) is 0 Å². The topological polar surface area (TPSA) is 62.4 Å². The monoisotopic (exact) mass is 382 g/mol. The Morgan fingerprint density at radius 1 is 1.30 bits per heavy atom. The van der Waals surface area contributed by atoms with Gasteiger partial charge in [0.1, 0.15) is 0 Å². The molecule has 1 atom stereocenters. The predicted molar refractivity (Wildman–Crippen MR) is 94.5 cm³/mol. The van der Waals surface area contributed by atoms with Gasteiger partial charge in [0.15, 0.2) is 0 Å². The number of amides is 1. The van der Waals surface area contributed by atoms with Crippen molar-refractivity contribution in [1.82, 2.24) is 9.88 Å². The number of halogens is 3. The molecule has 1 N–H and O–H groups in total. The van der Waals surface area contributed by atoms with Crippen molar-refractivity contribution in [3.05, 3.63) is 45.2 Å². The molecule has 2 heterocycles. The van der Waals surface area contributed by atoms with Crippen molar-refractivity contribution in [2.75, 3.05) is 13.2 Å². The van der Waals surface area contributed by atoms with Crippen LogP contribution >= 0.6 is 0 Å². The Bertz CT molecular complexity index is 915. The van der Waals surface area contributed by atoms with E-state index in [1.807, 2.05) is 26.0 Å². The molecule has 0 spiro atoms. The van der Waals surface area contributed by atoms with E-state index in [4.69, 9.17) is 4.74 Å². The molecule has 8 heteroatoms. The molecule has 1 unspecified atom stereocenters. The highest BCUT2D eigenvalue weighted by Gasteiger charge is 2.43. The molecule has 146 valence electrons. The first kappa shape index (κ1) is 19.4. The van der Waals surface area contributed by atoms with Gasteiger partial charge in [-0.2, -0.15) is 13.2 Å². The van der Waals surface area contributed by atoms with E-state index in [-0.39, 0.29) is 12.1 Å². The van der Waals surface area contributed by atoms with E-state index in [1.165, 1.54) is 0 Å². The van der Waals surface area contributed by atoms with Crippen molar-refractivity contribution in [3.8, 4) is 0 Å². The van der Waals surface area contributed by atoms with Gasteiger partial charge in [-0.1, -0.05) is 11.6 Å². The Morgan fingerprint density at radius 2 is 2.04 bits per heavy atom. The maximum atomic E-state index is 13.0. The third kappa shape index (κ3) is 4.32. The van der Waals surface area contributed by atoms with Crippen LogP contribution in [0.15, 0.2) is 23.0 Å². The number of carbonyl (C=O) groups excluding carboxylic acids is 1. The molecule has 0 saturated carbocycles. The molecule has 0 radical (unpaired) electrons. The number of hydrogen-bond acceptors (Lipinski definition) is 3. The summed E-state index contributed by atoms with van der Waals surface area (Å²) in [6.45, 7) is 3.60. The van der Waals surface area contributed by atoms with Crippen molar-refractivity contribution in [2.24, 2.45) is 0 Å². The highest BCUT2D eigenvalue weighted by atomic mass is 19.4. The molecule has 3 rings (SSSR count). The Labute approximate surface area is 154 Å². The number of benzene rings is 1. The number of fused-ring (bicyclic) bond motifs is 1. The summed E-state index contributed by atoms with van der Waals surface area (Å²) in [5.41, 5.74) is 2.10. The van der Waals surface area contributed by atoms with Crippen LogP contribution in [0.25, 0.3) is 10.9 Å². The average molecular weight is 382 g/mol. The van der Waals surface area contributed by atoms with Crippen molar-refractivity contribution in [2.45, 2.75) is 45.5 Å². The lowest BCUT2D eigenvalue weighted by Gasteiger charge is -2.26. The molecule has 1 fully saturated rings. The Kier molecular flexibility index (Phi) is 5.28. The van der Waals surface area contributed by atoms with E-state index in [9.17, 15) is 22.8 Å². The number of aromatic nitrogens is 1. The third-order valence-corrected chi connectivity index (χ3v) is 4.71. The number of aryl methyl sites for hydroxylation is 2. The second-order valence-corrected chi connectivity index (χ2v) is 6.99. The van der Waals surface area contributed by atoms with Crippen molar-refractivity contribution < 1.29 is 22.7 Å². The maximum Gasteiger partial charge on any atom is 0.471 e.